The molecule has 2 rings (SSSR count). The van der Waals surface area contributed by atoms with E-state index < -0.39 is 11.9 Å². The van der Waals surface area contributed by atoms with Crippen molar-refractivity contribution in [2.75, 3.05) is 6.54 Å². The van der Waals surface area contributed by atoms with Gasteiger partial charge in [0.25, 0.3) is 5.91 Å². The Kier molecular flexibility index (Phi) is 3.64. The zero-order valence-electron chi connectivity index (χ0n) is 10.2. The van der Waals surface area contributed by atoms with Gasteiger partial charge in [0, 0.05) is 18.5 Å². The highest BCUT2D eigenvalue weighted by Gasteiger charge is 2.24. The van der Waals surface area contributed by atoms with Gasteiger partial charge in [-0.05, 0) is 19.3 Å². The van der Waals surface area contributed by atoms with Crippen molar-refractivity contribution in [1.82, 2.24) is 10.5 Å². The van der Waals surface area contributed by atoms with Crippen molar-refractivity contribution in [1.29, 1.82) is 0 Å². The molecule has 0 spiro atoms. The summed E-state index contributed by atoms with van der Waals surface area (Å²) in [5, 5.41) is 15.1. The minimum Gasteiger partial charge on any atom is -0.481 e. The molecule has 1 heterocycles. The Bertz CT molecular complexity index is 467. The second-order valence-electron chi connectivity index (χ2n) is 4.59. The van der Waals surface area contributed by atoms with Crippen LogP contribution in [0.3, 0.4) is 0 Å². The van der Waals surface area contributed by atoms with E-state index in [0.717, 1.165) is 37.0 Å². The van der Waals surface area contributed by atoms with Crippen molar-refractivity contribution in [2.45, 2.75) is 32.6 Å². The van der Waals surface area contributed by atoms with E-state index in [2.05, 4.69) is 10.5 Å². The average molecular weight is 252 g/mol. The summed E-state index contributed by atoms with van der Waals surface area (Å²) in [5.74, 6) is -1.11. The number of rotatable bonds is 4. The molecule has 6 heteroatoms. The maximum atomic E-state index is 11.9. The van der Waals surface area contributed by atoms with Crippen LogP contribution in [0.5, 0.6) is 0 Å². The molecular weight excluding hydrogens is 236 g/mol. The molecule has 0 aliphatic heterocycles. The van der Waals surface area contributed by atoms with Crippen LogP contribution in [0.1, 0.15) is 41.6 Å². The average Bonchev–Trinajstić information content (AvgIpc) is 2.79. The zero-order valence-corrected chi connectivity index (χ0v) is 10.2. The number of fused-ring (bicyclic) bond motifs is 1. The van der Waals surface area contributed by atoms with Gasteiger partial charge in [-0.3, -0.25) is 9.59 Å². The predicted octanol–water partition coefficient (Wildman–Crippen LogP) is 1.00. The van der Waals surface area contributed by atoms with Crippen molar-refractivity contribution in [3.8, 4) is 0 Å². The number of carboxylic acid groups (broad SMARTS) is 1. The van der Waals surface area contributed by atoms with E-state index >= 15 is 0 Å². The van der Waals surface area contributed by atoms with Crippen LogP contribution >= 0.6 is 0 Å². The minimum atomic E-state index is -0.933. The maximum absolute atomic E-state index is 11.9. The molecule has 18 heavy (non-hydrogen) atoms. The fourth-order valence-corrected chi connectivity index (χ4v) is 1.98. The number of aromatic nitrogens is 1. The molecule has 0 saturated heterocycles. The third-order valence-electron chi connectivity index (χ3n) is 3.16. The molecule has 98 valence electrons. The summed E-state index contributed by atoms with van der Waals surface area (Å²) >= 11 is 0. The van der Waals surface area contributed by atoms with Crippen molar-refractivity contribution >= 4 is 11.9 Å². The summed E-state index contributed by atoms with van der Waals surface area (Å²) in [4.78, 5) is 22.5. The van der Waals surface area contributed by atoms with Gasteiger partial charge in [0.15, 0.2) is 5.69 Å². The van der Waals surface area contributed by atoms with Crippen molar-refractivity contribution < 1.29 is 19.2 Å². The first kappa shape index (κ1) is 12.6. The lowest BCUT2D eigenvalue weighted by Crippen LogP contribution is -2.32. The number of hydrogen-bond acceptors (Lipinski definition) is 4. The van der Waals surface area contributed by atoms with E-state index in [1.54, 1.807) is 6.92 Å². The van der Waals surface area contributed by atoms with Gasteiger partial charge in [0.1, 0.15) is 5.76 Å². The van der Waals surface area contributed by atoms with Crippen molar-refractivity contribution in [2.24, 2.45) is 5.92 Å². The molecular formula is C12H16N2O4. The van der Waals surface area contributed by atoms with E-state index in [1.165, 1.54) is 0 Å². The van der Waals surface area contributed by atoms with Gasteiger partial charge in [-0.1, -0.05) is 12.1 Å². The van der Waals surface area contributed by atoms with E-state index in [-0.39, 0.29) is 12.5 Å². The Hall–Kier alpha value is -1.85. The van der Waals surface area contributed by atoms with Gasteiger partial charge in [-0.25, -0.2) is 0 Å². The Balaban J connectivity index is 2.01. The number of hydrogen-bond donors (Lipinski definition) is 2. The molecule has 0 saturated carbocycles. The Morgan fingerprint density at radius 1 is 1.44 bits per heavy atom. The van der Waals surface area contributed by atoms with Gasteiger partial charge in [-0.15, -0.1) is 0 Å². The van der Waals surface area contributed by atoms with E-state index in [1.807, 2.05) is 0 Å². The van der Waals surface area contributed by atoms with Gasteiger partial charge >= 0.3 is 5.97 Å². The summed E-state index contributed by atoms with van der Waals surface area (Å²) in [6, 6.07) is 0. The molecule has 0 aromatic carbocycles. The Labute approximate surface area is 104 Å². The normalized spacial score (nSPS) is 15.8. The van der Waals surface area contributed by atoms with Gasteiger partial charge in [0.2, 0.25) is 0 Å². The molecule has 1 aromatic rings. The van der Waals surface area contributed by atoms with Crippen LogP contribution in [0, 0.1) is 5.92 Å². The zero-order chi connectivity index (χ0) is 13.1. The molecule has 0 bridgehead atoms. The number of carboxylic acids is 1. The SMILES string of the molecule is CC(CNC(=O)c1noc2c1CCCC2)C(=O)O. The van der Waals surface area contributed by atoms with Crippen LogP contribution in [0.15, 0.2) is 4.52 Å². The monoisotopic (exact) mass is 252 g/mol. The molecule has 1 aromatic heterocycles. The third-order valence-corrected chi connectivity index (χ3v) is 3.16. The number of aryl methyl sites for hydroxylation is 1. The first-order valence-corrected chi connectivity index (χ1v) is 6.08. The minimum absolute atomic E-state index is 0.0931. The van der Waals surface area contributed by atoms with E-state index in [9.17, 15) is 9.59 Å². The number of nitrogens with zero attached hydrogens (tertiary/aromatic N) is 1. The molecule has 1 aliphatic carbocycles. The highest BCUT2D eigenvalue weighted by Crippen LogP contribution is 2.23. The van der Waals surface area contributed by atoms with Crippen LogP contribution < -0.4 is 5.32 Å². The third kappa shape index (κ3) is 2.52. The lowest BCUT2D eigenvalue weighted by Gasteiger charge is -2.10. The standard InChI is InChI=1S/C12H16N2O4/c1-7(12(16)17)6-13-11(15)10-8-4-2-3-5-9(8)18-14-10/h7H,2-6H2,1H3,(H,13,15)(H,16,17). The molecule has 1 aliphatic rings. The van der Waals surface area contributed by atoms with Crippen LogP contribution in [0.25, 0.3) is 0 Å². The Morgan fingerprint density at radius 3 is 2.89 bits per heavy atom. The number of carbonyl (C=O) groups is 2. The first-order chi connectivity index (χ1) is 8.59. The number of aliphatic carboxylic acids is 1. The van der Waals surface area contributed by atoms with Gasteiger partial charge < -0.3 is 14.9 Å². The second-order valence-corrected chi connectivity index (χ2v) is 4.59. The highest BCUT2D eigenvalue weighted by molar-refractivity contribution is 5.94. The number of nitrogens with one attached hydrogen (secondary N) is 1. The van der Waals surface area contributed by atoms with E-state index in [0.29, 0.717) is 5.69 Å². The van der Waals surface area contributed by atoms with Crippen LogP contribution in [0.2, 0.25) is 0 Å². The van der Waals surface area contributed by atoms with Crippen LogP contribution in [-0.2, 0) is 17.6 Å². The Morgan fingerprint density at radius 2 is 2.17 bits per heavy atom. The quantitative estimate of drug-likeness (QED) is 0.834. The lowest BCUT2D eigenvalue weighted by atomic mass is 9.96. The molecule has 1 atom stereocenters. The predicted molar refractivity (Wildman–Crippen MR) is 62.3 cm³/mol. The number of carbonyl (C=O) groups excluding carboxylic acids is 1. The molecule has 1 amide bonds. The lowest BCUT2D eigenvalue weighted by molar-refractivity contribution is -0.140. The van der Waals surface area contributed by atoms with Crippen molar-refractivity contribution in [3.05, 3.63) is 17.0 Å². The summed E-state index contributed by atoms with van der Waals surface area (Å²) < 4.78 is 5.14. The number of amides is 1. The van der Waals surface area contributed by atoms with E-state index in [4.69, 9.17) is 9.63 Å². The smallest absolute Gasteiger partial charge is 0.308 e. The maximum Gasteiger partial charge on any atom is 0.308 e. The topological polar surface area (TPSA) is 92.4 Å². The summed E-state index contributed by atoms with van der Waals surface area (Å²) in [7, 11) is 0. The first-order valence-electron chi connectivity index (χ1n) is 6.08. The van der Waals surface area contributed by atoms with Gasteiger partial charge in [-0.2, -0.15) is 0 Å². The fraction of sp³-hybridized carbons (Fsp3) is 0.583. The fourth-order valence-electron chi connectivity index (χ4n) is 1.98. The largest absolute Gasteiger partial charge is 0.481 e. The molecule has 2 N–H and O–H groups in total. The summed E-state index contributed by atoms with van der Waals surface area (Å²) in [6.07, 6.45) is 3.70. The van der Waals surface area contributed by atoms with Gasteiger partial charge in [0.05, 0.1) is 5.92 Å². The second kappa shape index (κ2) is 5.20. The molecule has 0 radical (unpaired) electrons. The molecule has 1 unspecified atom stereocenters. The molecule has 0 fully saturated rings. The summed E-state index contributed by atoms with van der Waals surface area (Å²) in [5.41, 5.74) is 1.18. The highest BCUT2D eigenvalue weighted by atomic mass is 16.5. The molecule has 6 nitrogen and oxygen atoms in total. The van der Waals surface area contributed by atoms with Crippen LogP contribution in [-0.4, -0.2) is 28.7 Å². The van der Waals surface area contributed by atoms with Crippen molar-refractivity contribution in [3.63, 3.8) is 0 Å². The van der Waals surface area contributed by atoms with Crippen LogP contribution in [0.4, 0.5) is 0 Å². The summed E-state index contributed by atoms with van der Waals surface area (Å²) in [6.45, 7) is 1.64.